The van der Waals surface area contributed by atoms with Gasteiger partial charge in [-0.25, -0.2) is 9.37 Å². The first kappa shape index (κ1) is 14.4. The summed E-state index contributed by atoms with van der Waals surface area (Å²) in [5, 5.41) is 11.1. The number of carboxylic acids is 1. The number of hydrogen-bond acceptors (Lipinski definition) is 6. The van der Waals surface area contributed by atoms with E-state index in [9.17, 15) is 9.18 Å². The molecule has 3 fully saturated rings. The van der Waals surface area contributed by atoms with Gasteiger partial charge in [-0.3, -0.25) is 4.79 Å². The number of aromatic nitrogens is 2. The molecule has 2 aliphatic heterocycles. The Balaban J connectivity index is 1.51. The third-order valence-electron chi connectivity index (χ3n) is 5.73. The first-order chi connectivity index (χ1) is 11.5. The van der Waals surface area contributed by atoms with Crippen molar-refractivity contribution in [2.45, 2.75) is 25.8 Å². The highest BCUT2D eigenvalue weighted by atomic mass is 32.1. The highest BCUT2D eigenvalue weighted by Crippen LogP contribution is 2.59. The molecular weight excluding hydrogens is 331 g/mol. The third kappa shape index (κ3) is 1.83. The Morgan fingerprint density at radius 1 is 1.46 bits per heavy atom. The maximum Gasteiger partial charge on any atom is 0.307 e. The average Bonchev–Trinajstić information content (AvgIpc) is 3.16. The van der Waals surface area contributed by atoms with Gasteiger partial charge in [-0.05, 0) is 19.8 Å². The molecule has 1 spiro atoms. The zero-order valence-electron chi connectivity index (χ0n) is 13.2. The molecule has 24 heavy (non-hydrogen) atoms. The maximum absolute atomic E-state index is 14.2. The first-order valence-electron chi connectivity index (χ1n) is 8.18. The molecule has 0 amide bonds. The topological polar surface area (TPSA) is 69.6 Å². The molecule has 2 aromatic rings. The van der Waals surface area contributed by atoms with Crippen LogP contribution in [0, 0.1) is 17.2 Å². The normalized spacial score (nSPS) is 27.2. The smallest absolute Gasteiger partial charge is 0.307 e. The molecule has 8 heteroatoms. The van der Waals surface area contributed by atoms with Crippen molar-refractivity contribution in [3.63, 3.8) is 0 Å². The summed E-state index contributed by atoms with van der Waals surface area (Å²) in [4.78, 5) is 25.2. The van der Waals surface area contributed by atoms with Crippen molar-refractivity contribution in [3.05, 3.63) is 11.2 Å². The molecule has 1 N–H and O–H groups in total. The lowest BCUT2D eigenvalue weighted by atomic mass is 9.93. The lowest BCUT2D eigenvalue weighted by Gasteiger charge is -2.43. The predicted molar refractivity (Wildman–Crippen MR) is 89.2 cm³/mol. The molecule has 3 aliphatic rings. The Morgan fingerprint density at radius 3 is 2.83 bits per heavy atom. The van der Waals surface area contributed by atoms with E-state index >= 15 is 0 Å². The largest absolute Gasteiger partial charge is 0.481 e. The summed E-state index contributed by atoms with van der Waals surface area (Å²) in [7, 11) is 0. The van der Waals surface area contributed by atoms with Crippen LogP contribution in [0.3, 0.4) is 0 Å². The fraction of sp³-hybridized carbons (Fsp3) is 0.562. The standard InChI is InChI=1S/C16H17FN4O2S/c1-8-2-3-21(8)15-18-12(11-10(17)5-24-13(11)19-15)20-6-16(7-20)4-9(16)14(22)23/h5,8-9H,2-4,6-7H2,1H3,(H,22,23)/t8-,9?/m0/s1. The average molecular weight is 348 g/mol. The minimum atomic E-state index is -0.723. The SMILES string of the molecule is C[C@H]1CCN1c1nc(N2CC3(CC3C(=O)O)C2)c2c(F)csc2n1. The summed E-state index contributed by atoms with van der Waals surface area (Å²) in [6.07, 6.45) is 1.83. The van der Waals surface area contributed by atoms with Crippen LogP contribution in [0.2, 0.25) is 0 Å². The third-order valence-corrected chi connectivity index (χ3v) is 6.58. The van der Waals surface area contributed by atoms with E-state index in [2.05, 4.69) is 21.8 Å². The molecule has 1 saturated carbocycles. The first-order valence-corrected chi connectivity index (χ1v) is 9.06. The highest BCUT2D eigenvalue weighted by Gasteiger charge is 2.65. The summed E-state index contributed by atoms with van der Waals surface area (Å²) >= 11 is 1.29. The minimum Gasteiger partial charge on any atom is -0.481 e. The van der Waals surface area contributed by atoms with Crippen molar-refractivity contribution in [1.82, 2.24) is 9.97 Å². The van der Waals surface area contributed by atoms with Crippen LogP contribution in [-0.4, -0.2) is 46.7 Å². The van der Waals surface area contributed by atoms with E-state index in [0.29, 0.717) is 41.1 Å². The fourth-order valence-corrected chi connectivity index (χ4v) is 4.73. The number of carbonyl (C=O) groups is 1. The van der Waals surface area contributed by atoms with Gasteiger partial charge in [0.2, 0.25) is 5.95 Å². The predicted octanol–water partition coefficient (Wildman–Crippen LogP) is 2.34. The van der Waals surface area contributed by atoms with Gasteiger partial charge < -0.3 is 14.9 Å². The van der Waals surface area contributed by atoms with Crippen LogP contribution < -0.4 is 9.80 Å². The Kier molecular flexibility index (Phi) is 2.73. The van der Waals surface area contributed by atoms with Gasteiger partial charge in [0.1, 0.15) is 16.5 Å². The number of thiophene rings is 1. The monoisotopic (exact) mass is 348 g/mol. The van der Waals surface area contributed by atoms with Crippen molar-refractivity contribution in [2.24, 2.45) is 11.3 Å². The van der Waals surface area contributed by atoms with Crippen molar-refractivity contribution in [2.75, 3.05) is 29.4 Å². The molecular formula is C16H17FN4O2S. The number of fused-ring (bicyclic) bond motifs is 1. The van der Waals surface area contributed by atoms with Gasteiger partial charge >= 0.3 is 5.97 Å². The van der Waals surface area contributed by atoms with Gasteiger partial charge in [-0.15, -0.1) is 11.3 Å². The van der Waals surface area contributed by atoms with E-state index in [4.69, 9.17) is 5.11 Å². The van der Waals surface area contributed by atoms with Crippen molar-refractivity contribution >= 4 is 39.3 Å². The number of anilines is 2. The molecule has 0 aromatic carbocycles. The zero-order valence-corrected chi connectivity index (χ0v) is 14.0. The number of nitrogens with zero attached hydrogens (tertiary/aromatic N) is 4. The molecule has 4 heterocycles. The van der Waals surface area contributed by atoms with Crippen LogP contribution in [-0.2, 0) is 4.79 Å². The second-order valence-electron chi connectivity index (χ2n) is 7.26. The summed E-state index contributed by atoms with van der Waals surface area (Å²) < 4.78 is 14.2. The number of halogens is 1. The summed E-state index contributed by atoms with van der Waals surface area (Å²) in [6, 6.07) is 0.405. The second kappa shape index (κ2) is 4.56. The number of carboxylic acid groups (broad SMARTS) is 1. The Morgan fingerprint density at radius 2 is 2.25 bits per heavy atom. The second-order valence-corrected chi connectivity index (χ2v) is 8.11. The van der Waals surface area contributed by atoms with Crippen LogP contribution in [0.1, 0.15) is 19.8 Å². The molecule has 1 unspecified atom stereocenters. The van der Waals surface area contributed by atoms with Crippen molar-refractivity contribution < 1.29 is 14.3 Å². The maximum atomic E-state index is 14.2. The van der Waals surface area contributed by atoms with Crippen LogP contribution in [0.15, 0.2) is 5.38 Å². The summed E-state index contributed by atoms with van der Waals surface area (Å²) in [5.74, 6) is 0.00597. The Bertz CT molecular complexity index is 863. The van der Waals surface area contributed by atoms with E-state index in [-0.39, 0.29) is 17.2 Å². The van der Waals surface area contributed by atoms with Gasteiger partial charge in [0.05, 0.1) is 11.3 Å². The summed E-state index contributed by atoms with van der Waals surface area (Å²) in [5.41, 5.74) is -0.125. The van der Waals surface area contributed by atoms with E-state index in [1.165, 1.54) is 16.7 Å². The lowest BCUT2D eigenvalue weighted by molar-refractivity contribution is -0.139. The van der Waals surface area contributed by atoms with Gasteiger partial charge in [-0.1, -0.05) is 0 Å². The van der Waals surface area contributed by atoms with Gasteiger partial charge in [0, 0.05) is 36.5 Å². The number of rotatable bonds is 3. The van der Waals surface area contributed by atoms with Gasteiger partial charge in [-0.2, -0.15) is 4.98 Å². The zero-order chi connectivity index (χ0) is 16.6. The lowest BCUT2D eigenvalue weighted by Crippen LogP contribution is -2.51. The van der Waals surface area contributed by atoms with E-state index in [1.807, 2.05) is 4.90 Å². The van der Waals surface area contributed by atoms with E-state index in [1.54, 1.807) is 0 Å². The molecule has 2 aromatic heterocycles. The molecule has 2 atom stereocenters. The molecule has 126 valence electrons. The molecule has 6 nitrogen and oxygen atoms in total. The number of aliphatic carboxylic acids is 1. The van der Waals surface area contributed by atoms with Crippen LogP contribution >= 0.6 is 11.3 Å². The quantitative estimate of drug-likeness (QED) is 0.918. The van der Waals surface area contributed by atoms with Crippen LogP contribution in [0.5, 0.6) is 0 Å². The Labute approximate surface area is 141 Å². The molecule has 5 rings (SSSR count). The molecule has 0 radical (unpaired) electrons. The fourth-order valence-electron chi connectivity index (χ4n) is 3.96. The summed E-state index contributed by atoms with van der Waals surface area (Å²) in [6.45, 7) is 4.33. The van der Waals surface area contributed by atoms with Crippen LogP contribution in [0.25, 0.3) is 10.2 Å². The van der Waals surface area contributed by atoms with Crippen LogP contribution in [0.4, 0.5) is 16.2 Å². The minimum absolute atomic E-state index is 0.125. The van der Waals surface area contributed by atoms with Crippen molar-refractivity contribution in [3.8, 4) is 0 Å². The molecule has 0 bridgehead atoms. The number of hydrogen-bond donors (Lipinski definition) is 1. The van der Waals surface area contributed by atoms with Gasteiger partial charge in [0.25, 0.3) is 0 Å². The Hall–Kier alpha value is -1.96. The highest BCUT2D eigenvalue weighted by molar-refractivity contribution is 7.16. The van der Waals surface area contributed by atoms with Crippen molar-refractivity contribution in [1.29, 1.82) is 0 Å². The van der Waals surface area contributed by atoms with E-state index in [0.717, 1.165) is 19.4 Å². The van der Waals surface area contributed by atoms with Gasteiger partial charge in [0.15, 0.2) is 0 Å². The van der Waals surface area contributed by atoms with E-state index < -0.39 is 5.97 Å². The molecule has 2 saturated heterocycles. The molecule has 1 aliphatic carbocycles.